The summed E-state index contributed by atoms with van der Waals surface area (Å²) in [7, 11) is 0. The number of hydrogen-bond acceptors (Lipinski definition) is 0. The van der Waals surface area contributed by atoms with E-state index in [4.69, 9.17) is 0 Å². The fraction of sp³-hybridized carbons (Fsp3) is 1.00. The van der Waals surface area contributed by atoms with Crippen molar-refractivity contribution in [2.75, 3.05) is 0 Å². The molecule has 0 bridgehead atoms. The minimum Gasteiger partial charge on any atom is -0.0625 e. The summed E-state index contributed by atoms with van der Waals surface area (Å²) in [4.78, 5) is 0. The first kappa shape index (κ1) is 9.55. The fourth-order valence-corrected chi connectivity index (χ4v) is 3.46. The highest BCUT2D eigenvalue weighted by Crippen LogP contribution is 2.40. The van der Waals surface area contributed by atoms with E-state index < -0.39 is 0 Å². The first-order chi connectivity index (χ1) is 6.36. The molecule has 2 aliphatic rings. The quantitative estimate of drug-likeness (QED) is 0.525. The Balaban J connectivity index is 1.84. The Morgan fingerprint density at radius 3 is 1.92 bits per heavy atom. The molecule has 0 spiro atoms. The largest absolute Gasteiger partial charge is 0.0625 e. The molecular formula is C13H24. The highest BCUT2D eigenvalue weighted by molar-refractivity contribution is 4.80. The molecule has 2 atom stereocenters. The lowest BCUT2D eigenvalue weighted by molar-refractivity contribution is 0.297. The van der Waals surface area contributed by atoms with Gasteiger partial charge < -0.3 is 0 Å². The van der Waals surface area contributed by atoms with Crippen LogP contribution in [0.15, 0.2) is 0 Å². The summed E-state index contributed by atoms with van der Waals surface area (Å²) in [5.74, 6) is 3.27. The van der Waals surface area contributed by atoms with E-state index in [0.29, 0.717) is 0 Å². The van der Waals surface area contributed by atoms with Gasteiger partial charge in [0.05, 0.1) is 0 Å². The van der Waals surface area contributed by atoms with Crippen LogP contribution in [0.4, 0.5) is 0 Å². The van der Waals surface area contributed by atoms with Crippen molar-refractivity contribution < 1.29 is 0 Å². The molecule has 0 nitrogen and oxygen atoms in total. The van der Waals surface area contributed by atoms with Crippen molar-refractivity contribution in [1.29, 1.82) is 0 Å². The Morgan fingerprint density at radius 2 is 1.38 bits per heavy atom. The van der Waals surface area contributed by atoms with Gasteiger partial charge in [0.1, 0.15) is 0 Å². The Kier molecular flexibility index (Phi) is 3.29. The average Bonchev–Trinajstić information content (AvgIpc) is 2.43. The standard InChI is InChI=1S/C13H24/c1-11-8-9-13(10-11)12-6-4-2-3-5-7-12/h11-13H,2-10H2,1H3. The molecule has 0 amide bonds. The summed E-state index contributed by atoms with van der Waals surface area (Å²) >= 11 is 0. The number of rotatable bonds is 1. The van der Waals surface area contributed by atoms with Crippen LogP contribution in [-0.2, 0) is 0 Å². The molecule has 0 aromatic carbocycles. The third-order valence-electron chi connectivity index (χ3n) is 4.30. The molecule has 2 rings (SSSR count). The third-order valence-corrected chi connectivity index (χ3v) is 4.30. The summed E-state index contributed by atoms with van der Waals surface area (Å²) in [5.41, 5.74) is 0. The summed E-state index contributed by atoms with van der Waals surface area (Å²) in [6.07, 6.45) is 13.8. The molecule has 0 aromatic rings. The zero-order valence-corrected chi connectivity index (χ0v) is 9.10. The Labute approximate surface area is 83.1 Å². The molecule has 13 heavy (non-hydrogen) atoms. The van der Waals surface area contributed by atoms with E-state index in [1.54, 1.807) is 25.7 Å². The van der Waals surface area contributed by atoms with Crippen LogP contribution in [0.2, 0.25) is 0 Å². The normalized spacial score (nSPS) is 37.6. The SMILES string of the molecule is CC1CCC(C2CCCCCC2)C1. The molecule has 0 radical (unpaired) electrons. The monoisotopic (exact) mass is 180 g/mol. The molecule has 2 saturated carbocycles. The van der Waals surface area contributed by atoms with Crippen LogP contribution < -0.4 is 0 Å². The van der Waals surface area contributed by atoms with Crippen molar-refractivity contribution in [2.45, 2.75) is 64.7 Å². The Bertz CT molecular complexity index is 142. The van der Waals surface area contributed by atoms with Crippen LogP contribution in [0.25, 0.3) is 0 Å². The maximum absolute atomic E-state index is 2.44. The Morgan fingerprint density at radius 1 is 0.692 bits per heavy atom. The van der Waals surface area contributed by atoms with Gasteiger partial charge in [-0.15, -0.1) is 0 Å². The van der Waals surface area contributed by atoms with Crippen molar-refractivity contribution in [3.8, 4) is 0 Å². The van der Waals surface area contributed by atoms with Crippen LogP contribution in [0.3, 0.4) is 0 Å². The van der Waals surface area contributed by atoms with Crippen molar-refractivity contribution in [3.05, 3.63) is 0 Å². The lowest BCUT2D eigenvalue weighted by atomic mass is 9.84. The molecule has 0 aliphatic heterocycles. The zero-order valence-electron chi connectivity index (χ0n) is 9.10. The molecule has 0 saturated heterocycles. The van der Waals surface area contributed by atoms with E-state index in [0.717, 1.165) is 17.8 Å². The van der Waals surface area contributed by atoms with Gasteiger partial charge in [0.2, 0.25) is 0 Å². The summed E-state index contributed by atoms with van der Waals surface area (Å²) < 4.78 is 0. The second-order valence-electron chi connectivity index (χ2n) is 5.43. The fourth-order valence-electron chi connectivity index (χ4n) is 3.46. The van der Waals surface area contributed by atoms with E-state index in [-0.39, 0.29) is 0 Å². The van der Waals surface area contributed by atoms with Gasteiger partial charge in [-0.05, 0) is 30.6 Å². The van der Waals surface area contributed by atoms with E-state index in [9.17, 15) is 0 Å². The van der Waals surface area contributed by atoms with Crippen molar-refractivity contribution in [2.24, 2.45) is 17.8 Å². The second-order valence-corrected chi connectivity index (χ2v) is 5.43. The molecular weight excluding hydrogens is 156 g/mol. The van der Waals surface area contributed by atoms with Gasteiger partial charge in [-0.3, -0.25) is 0 Å². The van der Waals surface area contributed by atoms with Crippen molar-refractivity contribution in [1.82, 2.24) is 0 Å². The smallest absolute Gasteiger partial charge is 0.0383 e. The van der Waals surface area contributed by atoms with Gasteiger partial charge in [0.15, 0.2) is 0 Å². The second kappa shape index (κ2) is 4.48. The maximum atomic E-state index is 2.44. The van der Waals surface area contributed by atoms with Crippen LogP contribution in [-0.4, -0.2) is 0 Å². The average molecular weight is 180 g/mol. The van der Waals surface area contributed by atoms with Crippen molar-refractivity contribution >= 4 is 0 Å². The van der Waals surface area contributed by atoms with Crippen LogP contribution in [0.1, 0.15) is 64.7 Å². The van der Waals surface area contributed by atoms with Gasteiger partial charge in [-0.1, -0.05) is 51.9 Å². The minimum atomic E-state index is 1.04. The van der Waals surface area contributed by atoms with Crippen LogP contribution in [0, 0.1) is 17.8 Å². The first-order valence-corrected chi connectivity index (χ1v) is 6.36. The predicted octanol–water partition coefficient (Wildman–Crippen LogP) is 4.39. The molecule has 2 aliphatic carbocycles. The lowest BCUT2D eigenvalue weighted by Gasteiger charge is -2.21. The van der Waals surface area contributed by atoms with Gasteiger partial charge in [-0.25, -0.2) is 0 Å². The topological polar surface area (TPSA) is 0 Å². The zero-order chi connectivity index (χ0) is 9.10. The molecule has 0 N–H and O–H groups in total. The van der Waals surface area contributed by atoms with Crippen molar-refractivity contribution in [3.63, 3.8) is 0 Å². The number of hydrogen-bond donors (Lipinski definition) is 0. The molecule has 2 fully saturated rings. The third kappa shape index (κ3) is 2.48. The molecule has 76 valence electrons. The molecule has 2 unspecified atom stereocenters. The van der Waals surface area contributed by atoms with Crippen LogP contribution in [0.5, 0.6) is 0 Å². The van der Waals surface area contributed by atoms with Gasteiger partial charge in [-0.2, -0.15) is 0 Å². The Hall–Kier alpha value is 0. The predicted molar refractivity (Wildman–Crippen MR) is 57.7 cm³/mol. The highest BCUT2D eigenvalue weighted by atomic mass is 14.3. The minimum absolute atomic E-state index is 1.04. The highest BCUT2D eigenvalue weighted by Gasteiger charge is 2.28. The lowest BCUT2D eigenvalue weighted by Crippen LogP contribution is -2.10. The van der Waals surface area contributed by atoms with E-state index in [1.807, 2.05) is 0 Å². The van der Waals surface area contributed by atoms with E-state index >= 15 is 0 Å². The summed E-state index contributed by atoms with van der Waals surface area (Å²) in [6, 6.07) is 0. The maximum Gasteiger partial charge on any atom is -0.0383 e. The van der Waals surface area contributed by atoms with Gasteiger partial charge >= 0.3 is 0 Å². The summed E-state index contributed by atoms with van der Waals surface area (Å²) in [6.45, 7) is 2.44. The van der Waals surface area contributed by atoms with Gasteiger partial charge in [0.25, 0.3) is 0 Å². The molecule has 0 heterocycles. The van der Waals surface area contributed by atoms with Gasteiger partial charge in [0, 0.05) is 0 Å². The van der Waals surface area contributed by atoms with Crippen LogP contribution >= 0.6 is 0 Å². The first-order valence-electron chi connectivity index (χ1n) is 6.36. The van der Waals surface area contributed by atoms with E-state index in [1.165, 1.54) is 32.1 Å². The van der Waals surface area contributed by atoms with E-state index in [2.05, 4.69) is 6.92 Å². The molecule has 0 heteroatoms. The summed E-state index contributed by atoms with van der Waals surface area (Å²) in [5, 5.41) is 0. The molecule has 0 aromatic heterocycles.